The summed E-state index contributed by atoms with van der Waals surface area (Å²) in [5.74, 6) is 1.74. The number of furan rings is 2. The Morgan fingerprint density at radius 2 is 0.717 bits per heavy atom. The molecule has 0 saturated heterocycles. The Kier molecular flexibility index (Phi) is 9.50. The Labute approximate surface area is 310 Å². The second-order valence-electron chi connectivity index (χ2n) is 12.7. The molecule has 53 heavy (non-hydrogen) atoms. The van der Waals surface area contributed by atoms with E-state index in [0.29, 0.717) is 0 Å². The molecule has 0 atom stereocenters. The van der Waals surface area contributed by atoms with E-state index in [-0.39, 0.29) is 0 Å². The Hall–Kier alpha value is -6.90. The molecular formula is C51H38O2. The molecule has 2 nitrogen and oxygen atoms in total. The van der Waals surface area contributed by atoms with Crippen molar-refractivity contribution < 1.29 is 8.83 Å². The monoisotopic (exact) mass is 682 g/mol. The first-order chi connectivity index (χ1) is 26.3. The summed E-state index contributed by atoms with van der Waals surface area (Å²) in [6.07, 6.45) is 5.58. The largest absolute Gasteiger partial charge is 0.455 e. The molecule has 2 aromatic heterocycles. The minimum atomic E-state index is 0.865. The van der Waals surface area contributed by atoms with E-state index < -0.39 is 0 Å². The molecule has 9 rings (SSSR count). The van der Waals surface area contributed by atoms with Crippen LogP contribution in [0.3, 0.4) is 0 Å². The van der Waals surface area contributed by atoms with Crippen molar-refractivity contribution in [3.05, 3.63) is 207 Å². The highest BCUT2D eigenvalue weighted by Crippen LogP contribution is 2.48. The fourth-order valence-corrected chi connectivity index (χ4v) is 7.12. The first kappa shape index (κ1) is 33.3. The molecule has 0 aliphatic rings. The zero-order valence-corrected chi connectivity index (χ0v) is 29.6. The normalized spacial score (nSPS) is 11.1. The first-order valence-electron chi connectivity index (χ1n) is 17.9. The van der Waals surface area contributed by atoms with Crippen LogP contribution in [0.5, 0.6) is 0 Å². The predicted octanol–water partition coefficient (Wildman–Crippen LogP) is 14.9. The van der Waals surface area contributed by atoms with E-state index in [0.717, 1.165) is 89.1 Å². The maximum atomic E-state index is 6.92. The second-order valence-corrected chi connectivity index (χ2v) is 12.7. The first-order valence-corrected chi connectivity index (χ1v) is 17.9. The molecule has 7 aromatic carbocycles. The van der Waals surface area contributed by atoms with E-state index in [1.165, 1.54) is 0 Å². The lowest BCUT2D eigenvalue weighted by molar-refractivity contribution is 0.632. The number of benzene rings is 7. The number of fused-ring (bicyclic) bond motifs is 2. The maximum absolute atomic E-state index is 6.92. The van der Waals surface area contributed by atoms with Crippen LogP contribution >= 0.6 is 0 Å². The average molecular weight is 683 g/mol. The molecule has 0 saturated carbocycles. The van der Waals surface area contributed by atoms with Crippen molar-refractivity contribution >= 4 is 21.9 Å². The SMILES string of the molecule is C=C/C=C\C.c1ccc(-c2oc3c(-c4ccccc4-c4cccc5c(-c6ccccc6)c(-c6ccccc6)oc45)cccc3c2-c2ccccc2)cc1. The van der Waals surface area contributed by atoms with Gasteiger partial charge in [-0.1, -0.05) is 207 Å². The van der Waals surface area contributed by atoms with Crippen LogP contribution < -0.4 is 0 Å². The van der Waals surface area contributed by atoms with Gasteiger partial charge < -0.3 is 8.83 Å². The Balaban J connectivity index is 0.000000752. The van der Waals surface area contributed by atoms with Crippen molar-refractivity contribution in [1.29, 1.82) is 0 Å². The molecule has 254 valence electrons. The van der Waals surface area contributed by atoms with Crippen molar-refractivity contribution in [3.63, 3.8) is 0 Å². The fraction of sp³-hybridized carbons (Fsp3) is 0.0196. The van der Waals surface area contributed by atoms with Crippen molar-refractivity contribution in [2.24, 2.45) is 0 Å². The van der Waals surface area contributed by atoms with E-state index >= 15 is 0 Å². The highest BCUT2D eigenvalue weighted by atomic mass is 16.3. The summed E-state index contributed by atoms with van der Waals surface area (Å²) < 4.78 is 13.8. The van der Waals surface area contributed by atoms with Gasteiger partial charge in [-0.25, -0.2) is 0 Å². The standard InChI is InChI=1S/C46H30O2.C5H8/c1-5-17-31(18-6-1)41-39-29-15-27-37(45(39)47-43(41)33-21-9-3-10-22-33)35-25-13-14-26-36(35)38-28-16-30-40-42(32-19-7-2-8-20-32)44(48-46(38)40)34-23-11-4-12-24-34;1-3-5-4-2/h1-30H;3-5H,1H2,2H3/b;5-4-. The van der Waals surface area contributed by atoms with Crippen LogP contribution in [0.4, 0.5) is 0 Å². The molecule has 0 aliphatic carbocycles. The van der Waals surface area contributed by atoms with Crippen LogP contribution in [0.15, 0.2) is 216 Å². The zero-order chi connectivity index (χ0) is 36.0. The molecule has 0 aliphatic heterocycles. The smallest absolute Gasteiger partial charge is 0.143 e. The lowest BCUT2D eigenvalue weighted by Gasteiger charge is -2.11. The van der Waals surface area contributed by atoms with Gasteiger partial charge in [0.15, 0.2) is 0 Å². The molecule has 0 fully saturated rings. The van der Waals surface area contributed by atoms with Gasteiger partial charge in [0, 0.05) is 44.2 Å². The van der Waals surface area contributed by atoms with Gasteiger partial charge in [0.25, 0.3) is 0 Å². The fourth-order valence-electron chi connectivity index (χ4n) is 7.12. The summed E-state index contributed by atoms with van der Waals surface area (Å²) in [5, 5.41) is 2.17. The summed E-state index contributed by atoms with van der Waals surface area (Å²) >= 11 is 0. The number of rotatable bonds is 7. The Morgan fingerprint density at radius 1 is 0.377 bits per heavy atom. The molecule has 2 heteroatoms. The Morgan fingerprint density at radius 3 is 1.06 bits per heavy atom. The minimum absolute atomic E-state index is 0.865. The quantitative estimate of drug-likeness (QED) is 0.156. The van der Waals surface area contributed by atoms with E-state index in [4.69, 9.17) is 8.83 Å². The second kappa shape index (κ2) is 15.1. The van der Waals surface area contributed by atoms with Crippen molar-refractivity contribution in [2.45, 2.75) is 6.92 Å². The van der Waals surface area contributed by atoms with Gasteiger partial charge in [0.1, 0.15) is 22.7 Å². The third-order valence-electron chi connectivity index (χ3n) is 9.46. The van der Waals surface area contributed by atoms with Gasteiger partial charge in [-0.15, -0.1) is 0 Å². The highest BCUT2D eigenvalue weighted by molar-refractivity contribution is 6.11. The van der Waals surface area contributed by atoms with E-state index in [1.807, 2.05) is 31.2 Å². The lowest BCUT2D eigenvalue weighted by atomic mass is 9.91. The minimum Gasteiger partial charge on any atom is -0.455 e. The van der Waals surface area contributed by atoms with Gasteiger partial charge in [-0.2, -0.15) is 0 Å². The predicted molar refractivity (Wildman–Crippen MR) is 224 cm³/mol. The van der Waals surface area contributed by atoms with Crippen LogP contribution in [0.2, 0.25) is 0 Å². The van der Waals surface area contributed by atoms with E-state index in [2.05, 4.69) is 176 Å². The highest BCUT2D eigenvalue weighted by Gasteiger charge is 2.24. The van der Waals surface area contributed by atoms with E-state index in [1.54, 1.807) is 6.08 Å². The lowest BCUT2D eigenvalue weighted by Crippen LogP contribution is -1.87. The van der Waals surface area contributed by atoms with Gasteiger partial charge in [0.05, 0.1) is 0 Å². The number of para-hydroxylation sites is 2. The van der Waals surface area contributed by atoms with Crippen LogP contribution in [-0.4, -0.2) is 0 Å². The number of allylic oxidation sites excluding steroid dienone is 3. The van der Waals surface area contributed by atoms with Crippen LogP contribution in [0.1, 0.15) is 6.92 Å². The van der Waals surface area contributed by atoms with Gasteiger partial charge in [-0.05, 0) is 29.2 Å². The van der Waals surface area contributed by atoms with Crippen LogP contribution in [0, 0.1) is 0 Å². The molecule has 0 unspecified atom stereocenters. The molecule has 0 bridgehead atoms. The zero-order valence-electron chi connectivity index (χ0n) is 29.6. The van der Waals surface area contributed by atoms with Crippen molar-refractivity contribution in [1.82, 2.24) is 0 Å². The van der Waals surface area contributed by atoms with Gasteiger partial charge >= 0.3 is 0 Å². The summed E-state index contributed by atoms with van der Waals surface area (Å²) in [6.45, 7) is 5.42. The molecule has 0 radical (unpaired) electrons. The summed E-state index contributed by atoms with van der Waals surface area (Å²) in [6, 6.07) is 63.4. The van der Waals surface area contributed by atoms with E-state index in [9.17, 15) is 0 Å². The number of hydrogen-bond acceptors (Lipinski definition) is 2. The number of hydrogen-bond donors (Lipinski definition) is 0. The maximum Gasteiger partial charge on any atom is 0.143 e. The van der Waals surface area contributed by atoms with Crippen molar-refractivity contribution in [2.75, 3.05) is 0 Å². The molecular weight excluding hydrogens is 645 g/mol. The molecule has 2 heterocycles. The van der Waals surface area contributed by atoms with Gasteiger partial charge in [0.2, 0.25) is 0 Å². The van der Waals surface area contributed by atoms with Crippen molar-refractivity contribution in [3.8, 4) is 67.2 Å². The molecule has 0 spiro atoms. The third-order valence-corrected chi connectivity index (χ3v) is 9.46. The summed E-state index contributed by atoms with van der Waals surface area (Å²) in [5.41, 5.74) is 12.5. The molecule has 9 aromatic rings. The summed E-state index contributed by atoms with van der Waals surface area (Å²) in [4.78, 5) is 0. The third kappa shape index (κ3) is 6.44. The topological polar surface area (TPSA) is 26.3 Å². The molecule has 0 amide bonds. The molecule has 0 N–H and O–H groups in total. The summed E-state index contributed by atoms with van der Waals surface area (Å²) in [7, 11) is 0. The Bertz CT molecular complexity index is 2480. The van der Waals surface area contributed by atoms with Gasteiger partial charge in [-0.3, -0.25) is 0 Å². The average Bonchev–Trinajstić information content (AvgIpc) is 3.83. The van der Waals surface area contributed by atoms with Crippen LogP contribution in [-0.2, 0) is 0 Å². The van der Waals surface area contributed by atoms with Crippen LogP contribution in [0.25, 0.3) is 89.1 Å².